The van der Waals surface area contributed by atoms with Gasteiger partial charge in [-0.25, -0.2) is 4.79 Å². The van der Waals surface area contributed by atoms with Gasteiger partial charge in [0.2, 0.25) is 29.5 Å². The Balaban J connectivity index is 6.01. The number of nitrogens with one attached hydrogen (secondary N) is 6. The number of hydrogen-bond acceptors (Lipinski definition) is 11. The second-order valence-electron chi connectivity index (χ2n) is 11.5. The van der Waals surface area contributed by atoms with Crippen LogP contribution in [0.4, 0.5) is 0 Å². The highest BCUT2D eigenvalue weighted by Crippen LogP contribution is 2.09. The minimum absolute atomic E-state index is 0.00327. The van der Waals surface area contributed by atoms with E-state index in [9.17, 15) is 33.9 Å². The van der Waals surface area contributed by atoms with Gasteiger partial charge in [0, 0.05) is 13.0 Å². The minimum Gasteiger partial charge on any atom is -0.480 e. The zero-order valence-electron chi connectivity index (χ0n) is 27.8. The maximum atomic E-state index is 13.6. The number of amides is 5. The lowest BCUT2D eigenvalue weighted by atomic mass is 10.0. The lowest BCUT2D eigenvalue weighted by Crippen LogP contribution is -2.58. The third kappa shape index (κ3) is 20.2. The minimum atomic E-state index is -1.46. The first-order valence-electron chi connectivity index (χ1n) is 16.4. The monoisotopic (exact) mass is 686 g/mol. The van der Waals surface area contributed by atoms with Crippen LogP contribution in [0.25, 0.3) is 0 Å². The smallest absolute Gasteiger partial charge is 0.326 e. The van der Waals surface area contributed by atoms with Crippen molar-refractivity contribution in [1.82, 2.24) is 26.6 Å². The van der Waals surface area contributed by atoms with Gasteiger partial charge in [0.05, 0.1) is 6.04 Å². The second kappa shape index (κ2) is 26.0. The fraction of sp³-hybridized carbons (Fsp3) is 0.759. The molecule has 276 valence electrons. The van der Waals surface area contributed by atoms with Gasteiger partial charge in [-0.2, -0.15) is 0 Å². The van der Waals surface area contributed by atoms with E-state index in [2.05, 4.69) is 26.6 Å². The summed E-state index contributed by atoms with van der Waals surface area (Å²) in [5, 5.41) is 29.7. The average molecular weight is 687 g/mol. The number of rotatable bonds is 28. The highest BCUT2D eigenvalue weighted by atomic mass is 16.4. The lowest BCUT2D eigenvalue weighted by molar-refractivity contribution is -0.142. The van der Waals surface area contributed by atoms with Gasteiger partial charge in [0.1, 0.15) is 24.2 Å². The van der Waals surface area contributed by atoms with Crippen LogP contribution in [0.3, 0.4) is 0 Å². The van der Waals surface area contributed by atoms with Crippen molar-refractivity contribution >= 4 is 41.5 Å². The summed E-state index contributed by atoms with van der Waals surface area (Å²) in [4.78, 5) is 76.1. The number of carbonyl (C=O) groups is 6. The van der Waals surface area contributed by atoms with E-state index in [-0.39, 0.29) is 51.0 Å². The molecule has 0 aliphatic carbocycles. The van der Waals surface area contributed by atoms with Crippen molar-refractivity contribution in [3.63, 3.8) is 0 Å². The molecule has 19 N–H and O–H groups in total. The van der Waals surface area contributed by atoms with E-state index in [0.717, 1.165) is 0 Å². The Morgan fingerprint density at radius 2 is 0.958 bits per heavy atom. The molecule has 0 bridgehead atoms. The summed E-state index contributed by atoms with van der Waals surface area (Å²) in [6.07, 6.45) is 3.84. The molecule has 5 atom stereocenters. The Hall–Kier alpha value is -4.07. The van der Waals surface area contributed by atoms with E-state index in [4.69, 9.17) is 39.8 Å². The summed E-state index contributed by atoms with van der Waals surface area (Å²) in [6, 6.07) is -5.75. The molecule has 0 spiro atoms. The van der Waals surface area contributed by atoms with Crippen LogP contribution in [0.1, 0.15) is 83.5 Å². The topological polar surface area (TPSA) is 363 Å². The van der Waals surface area contributed by atoms with Gasteiger partial charge in [-0.3, -0.25) is 29.4 Å². The molecule has 0 aliphatic heterocycles. The van der Waals surface area contributed by atoms with Crippen LogP contribution in [0.15, 0.2) is 0 Å². The third-order valence-corrected chi connectivity index (χ3v) is 7.38. The van der Waals surface area contributed by atoms with E-state index in [1.54, 1.807) is 0 Å². The molecule has 19 nitrogen and oxygen atoms in total. The summed E-state index contributed by atoms with van der Waals surface area (Å²) >= 11 is 0. The number of nitrogens with two attached hydrogens (primary N) is 6. The molecule has 5 amide bonds. The first-order valence-corrected chi connectivity index (χ1v) is 16.4. The van der Waals surface area contributed by atoms with Gasteiger partial charge in [0.25, 0.3) is 0 Å². The van der Waals surface area contributed by atoms with Crippen LogP contribution in [0, 0.1) is 5.41 Å². The number of primary amides is 1. The van der Waals surface area contributed by atoms with Crippen molar-refractivity contribution in [3.05, 3.63) is 0 Å². The Morgan fingerprint density at radius 3 is 1.35 bits per heavy atom. The predicted octanol–water partition coefficient (Wildman–Crippen LogP) is -3.75. The van der Waals surface area contributed by atoms with Crippen LogP contribution in [0.2, 0.25) is 0 Å². The van der Waals surface area contributed by atoms with Gasteiger partial charge >= 0.3 is 5.97 Å². The fourth-order valence-electron chi connectivity index (χ4n) is 4.60. The largest absolute Gasteiger partial charge is 0.480 e. The summed E-state index contributed by atoms with van der Waals surface area (Å²) < 4.78 is 0. The van der Waals surface area contributed by atoms with Crippen molar-refractivity contribution < 1.29 is 33.9 Å². The van der Waals surface area contributed by atoms with Crippen LogP contribution in [-0.4, -0.2) is 103 Å². The fourth-order valence-corrected chi connectivity index (χ4v) is 4.60. The Bertz CT molecular complexity index is 1030. The van der Waals surface area contributed by atoms with E-state index >= 15 is 0 Å². The zero-order chi connectivity index (χ0) is 36.5. The maximum Gasteiger partial charge on any atom is 0.326 e. The van der Waals surface area contributed by atoms with Gasteiger partial charge in [-0.05, 0) is 90.3 Å². The van der Waals surface area contributed by atoms with Crippen molar-refractivity contribution in [3.8, 4) is 0 Å². The molecule has 48 heavy (non-hydrogen) atoms. The molecule has 0 saturated heterocycles. The number of carbonyl (C=O) groups excluding carboxylic acids is 5. The molecule has 0 aromatic rings. The average Bonchev–Trinajstić information content (AvgIpc) is 3.02. The number of carboxylic acid groups (broad SMARTS) is 1. The van der Waals surface area contributed by atoms with Gasteiger partial charge in [0.15, 0.2) is 5.96 Å². The van der Waals surface area contributed by atoms with Crippen molar-refractivity contribution in [2.24, 2.45) is 34.4 Å². The van der Waals surface area contributed by atoms with Crippen LogP contribution < -0.4 is 61.0 Å². The normalized spacial score (nSPS) is 14.0. The number of carboxylic acids is 1. The summed E-state index contributed by atoms with van der Waals surface area (Å²) in [6.45, 7) is 1.34. The Kier molecular flexibility index (Phi) is 23.8. The standard InChI is InChI=1S/C29H58N12O7/c30-14-4-1-8-18(33)24(43)38-19(9-2-5-15-31)25(44)39-20(10-3-6-16-32)26(45)40-21(11-7-17-37-29(35)36)27(46)41-22(28(47)48)12-13-23(34)42/h18-22H,1-17,30-33H2,(H2,34,42)(H,38,43)(H,39,44)(H,40,45)(H,41,46)(H,47,48)(H4,35,36,37)/t18-,19-,20-,21-,22-/m0/s1. The molecule has 0 aromatic carbocycles. The third-order valence-electron chi connectivity index (χ3n) is 7.38. The summed E-state index contributed by atoms with van der Waals surface area (Å²) in [7, 11) is 0. The van der Waals surface area contributed by atoms with E-state index in [1.165, 1.54) is 0 Å². The zero-order valence-corrected chi connectivity index (χ0v) is 27.8. The molecule has 0 radical (unpaired) electrons. The summed E-state index contributed by atoms with van der Waals surface area (Å²) in [5.74, 6) is -5.18. The number of aliphatic carboxylic acids is 1. The molecular formula is C29H58N12O7. The van der Waals surface area contributed by atoms with Gasteiger partial charge in [-0.15, -0.1) is 0 Å². The van der Waals surface area contributed by atoms with Crippen LogP contribution in [-0.2, 0) is 28.8 Å². The first kappa shape index (κ1) is 43.9. The van der Waals surface area contributed by atoms with Gasteiger partial charge in [-0.1, -0.05) is 6.42 Å². The highest BCUT2D eigenvalue weighted by molar-refractivity contribution is 5.95. The molecule has 0 saturated carbocycles. The first-order chi connectivity index (χ1) is 22.8. The SMILES string of the molecule is N=C(N)NCCC[C@H](NC(=O)[C@H](CCCCN)NC(=O)[C@H](CCCCN)NC(=O)[C@@H](N)CCCCN)C(=O)N[C@@H](CCC(N)=O)C(=O)O. The van der Waals surface area contributed by atoms with E-state index in [1.807, 2.05) is 0 Å². The molecule has 0 unspecified atom stereocenters. The van der Waals surface area contributed by atoms with Crippen LogP contribution in [0.5, 0.6) is 0 Å². The molecular weight excluding hydrogens is 628 g/mol. The molecule has 0 aromatic heterocycles. The summed E-state index contributed by atoms with van der Waals surface area (Å²) in [5.41, 5.74) is 33.2. The number of unbranched alkanes of at least 4 members (excludes halogenated alkanes) is 3. The van der Waals surface area contributed by atoms with Gasteiger partial charge < -0.3 is 66.1 Å². The van der Waals surface area contributed by atoms with Crippen molar-refractivity contribution in [1.29, 1.82) is 5.41 Å². The van der Waals surface area contributed by atoms with E-state index in [0.29, 0.717) is 64.6 Å². The maximum absolute atomic E-state index is 13.6. The van der Waals surface area contributed by atoms with E-state index < -0.39 is 65.7 Å². The Morgan fingerprint density at radius 1 is 0.562 bits per heavy atom. The molecule has 0 fully saturated rings. The molecule has 19 heteroatoms. The van der Waals surface area contributed by atoms with Crippen molar-refractivity contribution in [2.45, 2.75) is 114 Å². The second-order valence-corrected chi connectivity index (χ2v) is 11.5. The van der Waals surface area contributed by atoms with Crippen molar-refractivity contribution in [2.75, 3.05) is 26.2 Å². The molecule has 0 heterocycles. The van der Waals surface area contributed by atoms with Crippen LogP contribution >= 0.6 is 0 Å². The Labute approximate surface area is 281 Å². The highest BCUT2D eigenvalue weighted by Gasteiger charge is 2.31. The quantitative estimate of drug-likeness (QED) is 0.0214. The predicted molar refractivity (Wildman–Crippen MR) is 180 cm³/mol. The number of guanidine groups is 1. The molecule has 0 aliphatic rings. The lowest BCUT2D eigenvalue weighted by Gasteiger charge is -2.26. The number of hydrogen-bond donors (Lipinski definition) is 13. The molecule has 0 rings (SSSR count).